The first-order valence-electron chi connectivity index (χ1n) is 23.7. The molecule has 0 spiro atoms. The fourth-order valence-corrected chi connectivity index (χ4v) is 6.98. The van der Waals surface area contributed by atoms with Gasteiger partial charge in [0.1, 0.15) is 0 Å². The highest BCUT2D eigenvalue weighted by Gasteiger charge is 2.26. The summed E-state index contributed by atoms with van der Waals surface area (Å²) in [5.74, 6) is -1.02. The second kappa shape index (κ2) is 43.3. The van der Waals surface area contributed by atoms with E-state index in [0.717, 1.165) is 45.1 Å². The largest absolute Gasteiger partial charge is 0.509 e. The minimum Gasteiger partial charge on any atom is -0.466 e. The quantitative estimate of drug-likeness (QED) is 0.0343. The van der Waals surface area contributed by atoms with E-state index in [0.29, 0.717) is 13.0 Å². The van der Waals surface area contributed by atoms with Gasteiger partial charge in [0, 0.05) is 19.4 Å². The molecule has 0 aliphatic carbocycles. The van der Waals surface area contributed by atoms with Crippen LogP contribution in [0.4, 0.5) is 4.79 Å². The van der Waals surface area contributed by atoms with Gasteiger partial charge in [0.15, 0.2) is 0 Å². The smallest absolute Gasteiger partial charge is 0.466 e. The molecule has 0 aromatic carbocycles. The van der Waals surface area contributed by atoms with Gasteiger partial charge in [-0.2, -0.15) is 0 Å². The Morgan fingerprint density at radius 2 is 0.745 bits per heavy atom. The van der Waals surface area contributed by atoms with Crippen LogP contribution >= 0.6 is 0 Å². The van der Waals surface area contributed by atoms with Crippen molar-refractivity contribution in [3.63, 3.8) is 0 Å². The van der Waals surface area contributed by atoms with Crippen molar-refractivity contribution in [1.82, 2.24) is 4.90 Å². The number of hydrogen-bond acceptors (Lipinski definition) is 8. The van der Waals surface area contributed by atoms with E-state index in [1.54, 1.807) is 0 Å². The molecule has 0 aliphatic heterocycles. The van der Waals surface area contributed by atoms with Crippen molar-refractivity contribution in [2.45, 2.75) is 245 Å². The second-order valence-electron chi connectivity index (χ2n) is 16.4. The lowest BCUT2D eigenvalue weighted by Gasteiger charge is -2.17. The molecule has 0 amide bonds. The number of unbranched alkanes of at least 4 members (excludes halogenated alkanes) is 30. The van der Waals surface area contributed by atoms with E-state index in [4.69, 9.17) is 18.9 Å². The summed E-state index contributed by atoms with van der Waals surface area (Å²) >= 11 is 0. The van der Waals surface area contributed by atoms with E-state index in [1.807, 2.05) is 19.0 Å². The Morgan fingerprint density at radius 3 is 1.11 bits per heavy atom. The van der Waals surface area contributed by atoms with Gasteiger partial charge in [-0.05, 0) is 33.4 Å². The molecule has 55 heavy (non-hydrogen) atoms. The Hall–Kier alpha value is -1.83. The van der Waals surface area contributed by atoms with Crippen molar-refractivity contribution in [3.05, 3.63) is 0 Å². The van der Waals surface area contributed by atoms with Crippen LogP contribution in [0.2, 0.25) is 0 Å². The van der Waals surface area contributed by atoms with Crippen molar-refractivity contribution in [1.29, 1.82) is 0 Å². The zero-order valence-corrected chi connectivity index (χ0v) is 37.0. The highest BCUT2D eigenvalue weighted by molar-refractivity contribution is 5.78. The standard InChI is InChI=1S/C47H91NO7/c1-5-7-9-11-13-15-17-19-21-23-25-27-29-31-33-35-41-52-45(49)39-38-44(55-47(51)54-43-37-40-48(3)4)46(50)53-42-36-34-32-30-28-26-24-22-20-18-16-14-12-10-8-6-2/h44H,5-43H2,1-4H3. The molecule has 0 fully saturated rings. The summed E-state index contributed by atoms with van der Waals surface area (Å²) in [5, 5.41) is 0. The SMILES string of the molecule is CCCCCCCCCCCCCCCCCCOC(=O)CCC(OC(=O)OCCCN(C)C)C(=O)OCCCCCCCCCCCCCCCCCC. The number of ether oxygens (including phenoxy) is 4. The molecule has 0 heterocycles. The summed E-state index contributed by atoms with van der Waals surface area (Å²) in [6.45, 7) is 6.16. The molecule has 0 aromatic rings. The van der Waals surface area contributed by atoms with Gasteiger partial charge in [0.05, 0.1) is 19.8 Å². The lowest BCUT2D eigenvalue weighted by atomic mass is 10.0. The first-order chi connectivity index (χ1) is 26.9. The van der Waals surface area contributed by atoms with Crippen molar-refractivity contribution in [2.24, 2.45) is 0 Å². The zero-order chi connectivity index (χ0) is 40.3. The number of carbonyl (C=O) groups excluding carboxylic acids is 3. The number of esters is 2. The molecule has 8 heteroatoms. The fourth-order valence-electron chi connectivity index (χ4n) is 6.98. The van der Waals surface area contributed by atoms with Crippen LogP contribution in [0.15, 0.2) is 0 Å². The molecule has 8 nitrogen and oxygen atoms in total. The molecule has 1 atom stereocenters. The third-order valence-corrected chi connectivity index (χ3v) is 10.6. The molecular weight excluding hydrogens is 691 g/mol. The summed E-state index contributed by atoms with van der Waals surface area (Å²) in [6, 6.07) is 0. The zero-order valence-electron chi connectivity index (χ0n) is 37.0. The maximum Gasteiger partial charge on any atom is 0.509 e. The van der Waals surface area contributed by atoms with Crippen molar-refractivity contribution < 1.29 is 33.3 Å². The molecule has 0 bridgehead atoms. The first-order valence-corrected chi connectivity index (χ1v) is 23.7. The normalized spacial score (nSPS) is 11.9. The maximum absolute atomic E-state index is 12.9. The van der Waals surface area contributed by atoms with Crippen LogP contribution in [0.3, 0.4) is 0 Å². The third kappa shape index (κ3) is 41.6. The minimum atomic E-state index is -1.19. The molecule has 0 saturated carbocycles. The lowest BCUT2D eigenvalue weighted by molar-refractivity contribution is -0.156. The first kappa shape index (κ1) is 53.2. The summed E-state index contributed by atoms with van der Waals surface area (Å²) < 4.78 is 21.4. The monoisotopic (exact) mass is 782 g/mol. The predicted molar refractivity (Wildman–Crippen MR) is 230 cm³/mol. The second-order valence-corrected chi connectivity index (χ2v) is 16.4. The Bertz CT molecular complexity index is 836. The van der Waals surface area contributed by atoms with Crippen LogP contribution in [-0.4, -0.2) is 69.6 Å². The summed E-state index contributed by atoms with van der Waals surface area (Å²) in [5.41, 5.74) is 0. The topological polar surface area (TPSA) is 91.4 Å². The Labute approximate surface area is 340 Å². The van der Waals surface area contributed by atoms with E-state index >= 15 is 0 Å². The number of rotatable bonds is 43. The molecule has 1 unspecified atom stereocenters. The Morgan fingerprint density at radius 1 is 0.418 bits per heavy atom. The maximum atomic E-state index is 12.9. The van der Waals surface area contributed by atoms with Crippen molar-refractivity contribution in [2.75, 3.05) is 40.5 Å². The molecule has 0 rings (SSSR count). The van der Waals surface area contributed by atoms with Crippen LogP contribution in [0.5, 0.6) is 0 Å². The Balaban J connectivity index is 4.09. The van der Waals surface area contributed by atoms with Gasteiger partial charge in [-0.1, -0.05) is 206 Å². The van der Waals surface area contributed by atoms with Gasteiger partial charge in [-0.3, -0.25) is 4.79 Å². The van der Waals surface area contributed by atoms with E-state index in [9.17, 15) is 14.4 Å². The van der Waals surface area contributed by atoms with E-state index in [-0.39, 0.29) is 32.0 Å². The van der Waals surface area contributed by atoms with Gasteiger partial charge < -0.3 is 23.8 Å². The third-order valence-electron chi connectivity index (χ3n) is 10.6. The predicted octanol–water partition coefficient (Wildman–Crippen LogP) is 13.8. The molecule has 0 aliphatic rings. The van der Waals surface area contributed by atoms with Crippen LogP contribution in [-0.2, 0) is 28.5 Å². The lowest BCUT2D eigenvalue weighted by Crippen LogP contribution is -2.31. The average Bonchev–Trinajstić information content (AvgIpc) is 3.17. The van der Waals surface area contributed by atoms with E-state index in [1.165, 1.54) is 167 Å². The highest BCUT2D eigenvalue weighted by atomic mass is 16.7. The minimum absolute atomic E-state index is 0.0163. The van der Waals surface area contributed by atoms with Crippen LogP contribution in [0.25, 0.3) is 0 Å². The molecule has 0 saturated heterocycles. The van der Waals surface area contributed by atoms with E-state index < -0.39 is 18.2 Å². The van der Waals surface area contributed by atoms with Crippen LogP contribution < -0.4 is 0 Å². The Kier molecular flexibility index (Phi) is 41.9. The molecule has 326 valence electrons. The number of carbonyl (C=O) groups is 3. The fraction of sp³-hybridized carbons (Fsp3) is 0.936. The van der Waals surface area contributed by atoms with Crippen molar-refractivity contribution >= 4 is 18.1 Å². The summed E-state index contributed by atoms with van der Waals surface area (Å²) in [6.07, 6.45) is 39.7. The number of hydrogen-bond donors (Lipinski definition) is 0. The molecule has 0 radical (unpaired) electrons. The average molecular weight is 782 g/mol. The van der Waals surface area contributed by atoms with Crippen molar-refractivity contribution in [3.8, 4) is 0 Å². The van der Waals surface area contributed by atoms with Gasteiger partial charge in [0.2, 0.25) is 6.10 Å². The summed E-state index contributed by atoms with van der Waals surface area (Å²) in [4.78, 5) is 39.7. The highest BCUT2D eigenvalue weighted by Crippen LogP contribution is 2.16. The molecule has 0 aromatic heterocycles. The van der Waals surface area contributed by atoms with Crippen LogP contribution in [0, 0.1) is 0 Å². The van der Waals surface area contributed by atoms with Gasteiger partial charge in [-0.25, -0.2) is 9.59 Å². The molecular formula is C47H91NO7. The van der Waals surface area contributed by atoms with Gasteiger partial charge in [-0.15, -0.1) is 0 Å². The van der Waals surface area contributed by atoms with Gasteiger partial charge in [0.25, 0.3) is 0 Å². The van der Waals surface area contributed by atoms with Crippen LogP contribution in [0.1, 0.15) is 239 Å². The van der Waals surface area contributed by atoms with E-state index in [2.05, 4.69) is 13.8 Å². The summed E-state index contributed by atoms with van der Waals surface area (Å²) in [7, 11) is 3.90. The van der Waals surface area contributed by atoms with Gasteiger partial charge >= 0.3 is 18.1 Å². The number of nitrogens with zero attached hydrogens (tertiary/aromatic N) is 1. The molecule has 0 N–H and O–H groups in total.